The Morgan fingerprint density at radius 3 is 2.20 bits per heavy atom. The Labute approximate surface area is 146 Å². The Balaban J connectivity index is 1.80. The first-order chi connectivity index (χ1) is 12.0. The van der Waals surface area contributed by atoms with Crippen LogP contribution in [-0.4, -0.2) is 29.3 Å². The average molecular weight is 337 g/mol. The highest BCUT2D eigenvalue weighted by molar-refractivity contribution is 6.16. The third-order valence-electron chi connectivity index (χ3n) is 4.08. The van der Waals surface area contributed by atoms with Gasteiger partial charge in [-0.3, -0.25) is 14.5 Å². The van der Waals surface area contributed by atoms with Crippen molar-refractivity contribution in [1.82, 2.24) is 4.90 Å². The molecule has 6 heteroatoms. The van der Waals surface area contributed by atoms with Gasteiger partial charge in [-0.1, -0.05) is 25.1 Å². The molecule has 2 aromatic carbocycles. The standard InChI is InChI=1S/C19H19N3O3/c1-13-12-21(19(25)22(14(2)23)18(13)24)17-10-8-16(9-11-17)20-15-6-4-3-5-7-15/h3-11,13,20H,12H2,1-2H3. The van der Waals surface area contributed by atoms with E-state index in [2.05, 4.69) is 5.32 Å². The maximum absolute atomic E-state index is 12.5. The lowest BCUT2D eigenvalue weighted by atomic mass is 10.1. The van der Waals surface area contributed by atoms with Crippen LogP contribution in [0.25, 0.3) is 0 Å². The molecule has 1 heterocycles. The van der Waals surface area contributed by atoms with Gasteiger partial charge in [0, 0.05) is 30.5 Å². The summed E-state index contributed by atoms with van der Waals surface area (Å²) in [6.07, 6.45) is 0. The number of nitrogens with zero attached hydrogens (tertiary/aromatic N) is 2. The molecule has 1 atom stereocenters. The molecule has 1 unspecified atom stereocenters. The number of carbonyl (C=O) groups is 3. The van der Waals surface area contributed by atoms with E-state index in [1.807, 2.05) is 42.5 Å². The Morgan fingerprint density at radius 1 is 1.00 bits per heavy atom. The SMILES string of the molecule is CC(=O)N1C(=O)C(C)CN(c2ccc(Nc3ccccc3)cc2)C1=O. The van der Waals surface area contributed by atoms with Crippen molar-refractivity contribution in [3.8, 4) is 0 Å². The maximum atomic E-state index is 12.5. The Hall–Kier alpha value is -3.15. The summed E-state index contributed by atoms with van der Waals surface area (Å²) in [6.45, 7) is 3.19. The number of para-hydroxylation sites is 1. The molecular formula is C19H19N3O3. The van der Waals surface area contributed by atoms with E-state index in [1.165, 1.54) is 11.8 Å². The van der Waals surface area contributed by atoms with Crippen molar-refractivity contribution in [1.29, 1.82) is 0 Å². The van der Waals surface area contributed by atoms with Crippen LogP contribution in [0.5, 0.6) is 0 Å². The molecule has 1 fully saturated rings. The molecule has 0 radical (unpaired) electrons. The first kappa shape index (κ1) is 16.7. The van der Waals surface area contributed by atoms with Crippen LogP contribution in [0.1, 0.15) is 13.8 Å². The zero-order valence-corrected chi connectivity index (χ0v) is 14.1. The molecule has 128 valence electrons. The fraction of sp³-hybridized carbons (Fsp3) is 0.211. The first-order valence-electron chi connectivity index (χ1n) is 8.05. The van der Waals surface area contributed by atoms with Crippen molar-refractivity contribution < 1.29 is 14.4 Å². The number of urea groups is 1. The highest BCUT2D eigenvalue weighted by Gasteiger charge is 2.39. The van der Waals surface area contributed by atoms with Gasteiger partial charge in [-0.15, -0.1) is 0 Å². The monoisotopic (exact) mass is 337 g/mol. The second kappa shape index (κ2) is 6.76. The van der Waals surface area contributed by atoms with Gasteiger partial charge in [0.05, 0.1) is 5.92 Å². The van der Waals surface area contributed by atoms with Crippen molar-refractivity contribution in [2.75, 3.05) is 16.8 Å². The van der Waals surface area contributed by atoms with Gasteiger partial charge in [-0.2, -0.15) is 4.90 Å². The molecule has 0 aromatic heterocycles. The maximum Gasteiger partial charge on any atom is 0.338 e. The van der Waals surface area contributed by atoms with E-state index in [9.17, 15) is 14.4 Å². The Morgan fingerprint density at radius 2 is 1.60 bits per heavy atom. The van der Waals surface area contributed by atoms with Gasteiger partial charge < -0.3 is 5.32 Å². The summed E-state index contributed by atoms with van der Waals surface area (Å²) in [5, 5.41) is 3.27. The van der Waals surface area contributed by atoms with E-state index >= 15 is 0 Å². The lowest BCUT2D eigenvalue weighted by Crippen LogP contribution is -2.57. The number of carbonyl (C=O) groups excluding carboxylic acids is 3. The molecule has 4 amide bonds. The number of hydrogen-bond acceptors (Lipinski definition) is 4. The van der Waals surface area contributed by atoms with Gasteiger partial charge >= 0.3 is 6.03 Å². The number of anilines is 3. The minimum Gasteiger partial charge on any atom is -0.356 e. The number of benzene rings is 2. The van der Waals surface area contributed by atoms with E-state index < -0.39 is 23.8 Å². The molecule has 2 aromatic rings. The van der Waals surface area contributed by atoms with Gasteiger partial charge in [-0.05, 0) is 36.4 Å². The van der Waals surface area contributed by atoms with Gasteiger partial charge in [0.25, 0.3) is 0 Å². The molecule has 1 aliphatic heterocycles. The van der Waals surface area contributed by atoms with E-state index in [4.69, 9.17) is 0 Å². The molecule has 1 saturated heterocycles. The molecule has 1 aliphatic rings. The zero-order valence-electron chi connectivity index (χ0n) is 14.1. The lowest BCUT2D eigenvalue weighted by molar-refractivity contribution is -0.142. The first-order valence-corrected chi connectivity index (χ1v) is 8.05. The number of nitrogens with one attached hydrogen (secondary N) is 1. The highest BCUT2D eigenvalue weighted by Crippen LogP contribution is 2.26. The predicted octanol–water partition coefficient (Wildman–Crippen LogP) is 3.38. The molecule has 6 nitrogen and oxygen atoms in total. The second-order valence-corrected chi connectivity index (χ2v) is 6.02. The van der Waals surface area contributed by atoms with Gasteiger partial charge in [-0.25, -0.2) is 4.79 Å². The van der Waals surface area contributed by atoms with E-state index in [0.29, 0.717) is 10.6 Å². The third-order valence-corrected chi connectivity index (χ3v) is 4.08. The van der Waals surface area contributed by atoms with Crippen molar-refractivity contribution in [2.24, 2.45) is 5.92 Å². The predicted molar refractivity (Wildman–Crippen MR) is 95.6 cm³/mol. The summed E-state index contributed by atoms with van der Waals surface area (Å²) in [5.74, 6) is -1.44. The van der Waals surface area contributed by atoms with E-state index in [1.54, 1.807) is 19.1 Å². The normalized spacial score (nSPS) is 17.6. The number of amides is 4. The molecule has 0 aliphatic carbocycles. The topological polar surface area (TPSA) is 69.7 Å². The third kappa shape index (κ3) is 3.38. The zero-order chi connectivity index (χ0) is 18.0. The minimum absolute atomic E-state index is 0.257. The molecule has 0 saturated carbocycles. The molecule has 1 N–H and O–H groups in total. The van der Waals surface area contributed by atoms with Crippen molar-refractivity contribution >= 4 is 34.9 Å². The number of imide groups is 3. The smallest absolute Gasteiger partial charge is 0.338 e. The average Bonchev–Trinajstić information content (AvgIpc) is 2.60. The van der Waals surface area contributed by atoms with Crippen LogP contribution in [0, 0.1) is 5.92 Å². The summed E-state index contributed by atoms with van der Waals surface area (Å²) < 4.78 is 0. The fourth-order valence-electron chi connectivity index (χ4n) is 2.78. The van der Waals surface area contributed by atoms with Gasteiger partial charge in [0.2, 0.25) is 11.8 Å². The minimum atomic E-state index is -0.598. The quantitative estimate of drug-likeness (QED) is 0.932. The van der Waals surface area contributed by atoms with Crippen LogP contribution >= 0.6 is 0 Å². The molecular weight excluding hydrogens is 318 g/mol. The van der Waals surface area contributed by atoms with Crippen LogP contribution in [0.2, 0.25) is 0 Å². The number of rotatable bonds is 3. The summed E-state index contributed by atoms with van der Waals surface area (Å²) in [5.41, 5.74) is 2.49. The number of hydrogen-bond donors (Lipinski definition) is 1. The molecule has 25 heavy (non-hydrogen) atoms. The van der Waals surface area contributed by atoms with Crippen molar-refractivity contribution in [3.63, 3.8) is 0 Å². The van der Waals surface area contributed by atoms with Gasteiger partial charge in [0.15, 0.2) is 0 Å². The largest absolute Gasteiger partial charge is 0.356 e. The summed E-state index contributed by atoms with van der Waals surface area (Å²) >= 11 is 0. The van der Waals surface area contributed by atoms with E-state index in [-0.39, 0.29) is 6.54 Å². The highest BCUT2D eigenvalue weighted by atomic mass is 16.2. The van der Waals surface area contributed by atoms with Crippen LogP contribution < -0.4 is 10.2 Å². The fourth-order valence-corrected chi connectivity index (χ4v) is 2.78. The van der Waals surface area contributed by atoms with Crippen LogP contribution in [0.3, 0.4) is 0 Å². The lowest BCUT2D eigenvalue weighted by Gasteiger charge is -2.35. The summed E-state index contributed by atoms with van der Waals surface area (Å²) in [7, 11) is 0. The molecule has 0 bridgehead atoms. The molecule has 3 rings (SSSR count). The van der Waals surface area contributed by atoms with Crippen molar-refractivity contribution in [3.05, 3.63) is 54.6 Å². The van der Waals surface area contributed by atoms with Crippen LogP contribution in [0.4, 0.5) is 21.9 Å². The second-order valence-electron chi connectivity index (χ2n) is 6.02. The van der Waals surface area contributed by atoms with E-state index in [0.717, 1.165) is 11.4 Å². The summed E-state index contributed by atoms with van der Waals surface area (Å²) in [4.78, 5) is 38.4. The Kier molecular flexibility index (Phi) is 4.52. The molecule has 0 spiro atoms. The van der Waals surface area contributed by atoms with Crippen LogP contribution in [-0.2, 0) is 9.59 Å². The Bertz CT molecular complexity index is 802. The summed E-state index contributed by atoms with van der Waals surface area (Å²) in [6, 6.07) is 16.5. The van der Waals surface area contributed by atoms with Crippen LogP contribution in [0.15, 0.2) is 54.6 Å². The van der Waals surface area contributed by atoms with Gasteiger partial charge in [0.1, 0.15) is 0 Å². The van der Waals surface area contributed by atoms with Crippen molar-refractivity contribution in [2.45, 2.75) is 13.8 Å².